The summed E-state index contributed by atoms with van der Waals surface area (Å²) >= 11 is 0. The van der Waals surface area contributed by atoms with E-state index in [4.69, 9.17) is 4.42 Å². The molecule has 4 rings (SSSR count). The zero-order valence-corrected chi connectivity index (χ0v) is 18.0. The number of H-pyrrole nitrogens is 1. The number of carbonyl (C=O) groups is 1. The van der Waals surface area contributed by atoms with Crippen LogP contribution in [0, 0.1) is 0 Å². The lowest BCUT2D eigenvalue weighted by molar-refractivity contribution is 0.0725. The number of hydrogen-bond acceptors (Lipinski definition) is 5. The van der Waals surface area contributed by atoms with E-state index < -0.39 is 10.0 Å². The molecule has 0 saturated carbocycles. The zero-order valence-electron chi connectivity index (χ0n) is 17.2. The van der Waals surface area contributed by atoms with Crippen LogP contribution in [-0.4, -0.2) is 49.1 Å². The summed E-state index contributed by atoms with van der Waals surface area (Å²) in [6.07, 6.45) is 6.01. The maximum atomic E-state index is 12.8. The Hall–Kier alpha value is -2.91. The molecule has 1 saturated heterocycles. The molecule has 2 aromatic heterocycles. The highest BCUT2D eigenvalue weighted by atomic mass is 32.2. The van der Waals surface area contributed by atoms with E-state index in [1.807, 2.05) is 30.3 Å². The first kappa shape index (κ1) is 21.3. The van der Waals surface area contributed by atoms with E-state index in [0.717, 1.165) is 31.2 Å². The number of piperidine rings is 1. The van der Waals surface area contributed by atoms with E-state index in [9.17, 15) is 13.2 Å². The topological polar surface area (TPSA) is 108 Å². The summed E-state index contributed by atoms with van der Waals surface area (Å²) < 4.78 is 33.3. The molecule has 3 aromatic rings. The van der Waals surface area contributed by atoms with Gasteiger partial charge in [-0.05, 0) is 49.8 Å². The SMILES string of the molecule is O=C(c1cn[nH]c1-c1ccc(S(=O)(=O)NCCCc2ccccc2)o1)N1CCCCC1. The molecule has 1 aromatic carbocycles. The maximum Gasteiger partial charge on any atom is 0.273 e. The lowest BCUT2D eigenvalue weighted by Crippen LogP contribution is -2.35. The number of nitrogens with one attached hydrogen (secondary N) is 2. The van der Waals surface area contributed by atoms with Crippen molar-refractivity contribution >= 4 is 15.9 Å². The number of amides is 1. The van der Waals surface area contributed by atoms with E-state index in [0.29, 0.717) is 37.3 Å². The molecule has 8 nitrogen and oxygen atoms in total. The molecule has 0 spiro atoms. The first-order valence-corrected chi connectivity index (χ1v) is 12.0. The van der Waals surface area contributed by atoms with Crippen LogP contribution in [0.3, 0.4) is 0 Å². The fraction of sp³-hybridized carbons (Fsp3) is 0.364. The van der Waals surface area contributed by atoms with Gasteiger partial charge in [0, 0.05) is 19.6 Å². The minimum atomic E-state index is -3.78. The van der Waals surface area contributed by atoms with E-state index in [1.54, 1.807) is 11.0 Å². The number of aromatic nitrogens is 2. The average Bonchev–Trinajstić information content (AvgIpc) is 3.47. The van der Waals surface area contributed by atoms with Crippen molar-refractivity contribution in [1.29, 1.82) is 0 Å². The molecule has 0 bridgehead atoms. The number of furan rings is 1. The van der Waals surface area contributed by atoms with Crippen molar-refractivity contribution in [3.63, 3.8) is 0 Å². The molecule has 2 N–H and O–H groups in total. The van der Waals surface area contributed by atoms with Crippen molar-refractivity contribution in [2.75, 3.05) is 19.6 Å². The number of sulfonamides is 1. The lowest BCUT2D eigenvalue weighted by Gasteiger charge is -2.26. The van der Waals surface area contributed by atoms with Crippen molar-refractivity contribution in [1.82, 2.24) is 19.8 Å². The van der Waals surface area contributed by atoms with Crippen molar-refractivity contribution < 1.29 is 17.6 Å². The zero-order chi connectivity index (χ0) is 21.7. The summed E-state index contributed by atoms with van der Waals surface area (Å²) in [4.78, 5) is 14.6. The molecule has 0 atom stereocenters. The predicted molar refractivity (Wildman–Crippen MR) is 116 cm³/mol. The third-order valence-electron chi connectivity index (χ3n) is 5.38. The molecule has 1 aliphatic rings. The lowest BCUT2D eigenvalue weighted by atomic mass is 10.1. The van der Waals surface area contributed by atoms with Gasteiger partial charge >= 0.3 is 0 Å². The number of aromatic amines is 1. The summed E-state index contributed by atoms with van der Waals surface area (Å²) in [6.45, 7) is 1.73. The molecule has 1 fully saturated rings. The smallest absolute Gasteiger partial charge is 0.273 e. The van der Waals surface area contributed by atoms with Crippen molar-refractivity contribution in [2.45, 2.75) is 37.2 Å². The molecule has 1 aliphatic heterocycles. The van der Waals surface area contributed by atoms with Gasteiger partial charge in [-0.25, -0.2) is 13.1 Å². The average molecular weight is 443 g/mol. The third-order valence-corrected chi connectivity index (χ3v) is 6.72. The summed E-state index contributed by atoms with van der Waals surface area (Å²) in [5, 5.41) is 6.56. The quantitative estimate of drug-likeness (QED) is 0.521. The van der Waals surface area contributed by atoms with Gasteiger partial charge in [-0.2, -0.15) is 5.10 Å². The van der Waals surface area contributed by atoms with Crippen LogP contribution in [0.5, 0.6) is 0 Å². The van der Waals surface area contributed by atoms with Gasteiger partial charge in [0.25, 0.3) is 15.9 Å². The maximum absolute atomic E-state index is 12.8. The fourth-order valence-corrected chi connectivity index (χ4v) is 4.72. The van der Waals surface area contributed by atoms with Gasteiger partial charge in [0.1, 0.15) is 5.69 Å². The number of aryl methyl sites for hydroxylation is 1. The Bertz CT molecular complexity index is 1120. The number of likely N-dealkylation sites (tertiary alicyclic amines) is 1. The Morgan fingerprint density at radius 1 is 1.10 bits per heavy atom. The van der Waals surface area contributed by atoms with Crippen molar-refractivity contribution in [3.8, 4) is 11.5 Å². The standard InChI is InChI=1S/C22H26N4O4S/c27-22(26-14-5-2-6-15-26)18-16-23-25-21(18)19-11-12-20(30-19)31(28,29)24-13-7-10-17-8-3-1-4-9-17/h1,3-4,8-9,11-12,16,24H,2,5-7,10,13-15H2,(H,23,25). The normalized spacial score (nSPS) is 14.6. The van der Waals surface area contributed by atoms with Crippen LogP contribution >= 0.6 is 0 Å². The molecule has 3 heterocycles. The Labute approximate surface area is 181 Å². The third kappa shape index (κ3) is 5.05. The monoisotopic (exact) mass is 442 g/mol. The van der Waals surface area contributed by atoms with Crippen molar-refractivity contribution in [2.24, 2.45) is 0 Å². The number of hydrogen-bond donors (Lipinski definition) is 2. The largest absolute Gasteiger partial charge is 0.442 e. The fourth-order valence-electron chi connectivity index (χ4n) is 3.72. The first-order valence-electron chi connectivity index (χ1n) is 10.5. The second-order valence-electron chi connectivity index (χ2n) is 7.62. The van der Waals surface area contributed by atoms with Gasteiger partial charge in [-0.15, -0.1) is 0 Å². The molecular weight excluding hydrogens is 416 g/mol. The van der Waals surface area contributed by atoms with Crippen LogP contribution in [0.4, 0.5) is 0 Å². The van der Waals surface area contributed by atoms with Gasteiger partial charge in [0.15, 0.2) is 5.76 Å². The Morgan fingerprint density at radius 2 is 1.87 bits per heavy atom. The summed E-state index contributed by atoms with van der Waals surface area (Å²) in [6, 6.07) is 12.8. The number of nitrogens with zero attached hydrogens (tertiary/aromatic N) is 2. The molecule has 0 unspecified atom stereocenters. The highest BCUT2D eigenvalue weighted by molar-refractivity contribution is 7.89. The summed E-state index contributed by atoms with van der Waals surface area (Å²) in [5.41, 5.74) is 1.93. The second-order valence-corrected chi connectivity index (χ2v) is 9.32. The molecule has 0 radical (unpaired) electrons. The predicted octanol–water partition coefficient (Wildman–Crippen LogP) is 3.21. The number of rotatable bonds is 8. The van der Waals surface area contributed by atoms with Crippen LogP contribution in [0.1, 0.15) is 41.6 Å². The van der Waals surface area contributed by atoms with Gasteiger partial charge in [0.2, 0.25) is 5.09 Å². The molecular formula is C22H26N4O4S. The van der Waals surface area contributed by atoms with E-state index in [1.165, 1.54) is 12.3 Å². The minimum absolute atomic E-state index is 0.122. The first-order chi connectivity index (χ1) is 15.0. The van der Waals surface area contributed by atoms with Crippen LogP contribution in [-0.2, 0) is 16.4 Å². The Balaban J connectivity index is 1.41. The number of benzene rings is 1. The molecule has 164 valence electrons. The van der Waals surface area contributed by atoms with E-state index in [2.05, 4.69) is 14.9 Å². The highest BCUT2D eigenvalue weighted by Gasteiger charge is 2.25. The Kier molecular flexibility index (Phi) is 6.53. The van der Waals surface area contributed by atoms with E-state index in [-0.39, 0.29) is 16.8 Å². The van der Waals surface area contributed by atoms with Crippen molar-refractivity contribution in [3.05, 3.63) is 59.8 Å². The van der Waals surface area contributed by atoms with Gasteiger partial charge < -0.3 is 9.32 Å². The molecule has 9 heteroatoms. The second kappa shape index (κ2) is 9.49. The van der Waals surface area contributed by atoms with Crippen LogP contribution in [0.25, 0.3) is 11.5 Å². The Morgan fingerprint density at radius 3 is 2.65 bits per heavy atom. The van der Waals surface area contributed by atoms with Gasteiger partial charge in [-0.3, -0.25) is 9.89 Å². The number of carbonyl (C=O) groups excluding carboxylic acids is 1. The van der Waals surface area contributed by atoms with Crippen LogP contribution < -0.4 is 4.72 Å². The van der Waals surface area contributed by atoms with E-state index >= 15 is 0 Å². The van der Waals surface area contributed by atoms with Gasteiger partial charge in [-0.1, -0.05) is 30.3 Å². The van der Waals surface area contributed by atoms with Gasteiger partial charge in [0.05, 0.1) is 11.8 Å². The van der Waals surface area contributed by atoms with Crippen LogP contribution in [0.15, 0.2) is 58.2 Å². The molecule has 31 heavy (non-hydrogen) atoms. The summed E-state index contributed by atoms with van der Waals surface area (Å²) in [5.74, 6) is 0.144. The molecule has 1 amide bonds. The minimum Gasteiger partial charge on any atom is -0.442 e. The highest BCUT2D eigenvalue weighted by Crippen LogP contribution is 2.27. The molecule has 0 aliphatic carbocycles. The summed E-state index contributed by atoms with van der Waals surface area (Å²) in [7, 11) is -3.78. The van der Waals surface area contributed by atoms with Crippen LogP contribution in [0.2, 0.25) is 0 Å².